The Labute approximate surface area is 126 Å². The molecular formula is C18H23NO2. The fraction of sp³-hybridized carbons (Fsp3) is 0.444. The third-order valence-electron chi connectivity index (χ3n) is 3.70. The molecule has 0 aliphatic heterocycles. The summed E-state index contributed by atoms with van der Waals surface area (Å²) in [6, 6.07) is 10.7. The molecule has 3 nitrogen and oxygen atoms in total. The topological polar surface area (TPSA) is 34.4 Å². The van der Waals surface area contributed by atoms with E-state index in [0.717, 1.165) is 24.5 Å². The summed E-state index contributed by atoms with van der Waals surface area (Å²) in [5.74, 6) is 1.91. The van der Waals surface area contributed by atoms with Gasteiger partial charge in [-0.3, -0.25) is 0 Å². The summed E-state index contributed by atoms with van der Waals surface area (Å²) in [7, 11) is 0. The van der Waals surface area contributed by atoms with Crippen molar-refractivity contribution in [2.75, 3.05) is 6.54 Å². The smallest absolute Gasteiger partial charge is 0.120 e. The maximum atomic E-state index is 5.91. The summed E-state index contributed by atoms with van der Waals surface area (Å²) in [4.78, 5) is 0. The van der Waals surface area contributed by atoms with Crippen molar-refractivity contribution in [2.24, 2.45) is 0 Å². The lowest BCUT2D eigenvalue weighted by molar-refractivity contribution is 0.302. The second kappa shape index (κ2) is 6.35. The van der Waals surface area contributed by atoms with Crippen LogP contribution in [0.2, 0.25) is 0 Å². The molecule has 1 unspecified atom stereocenters. The van der Waals surface area contributed by atoms with Gasteiger partial charge in [0, 0.05) is 5.56 Å². The van der Waals surface area contributed by atoms with Crippen molar-refractivity contribution in [3.05, 3.63) is 53.5 Å². The van der Waals surface area contributed by atoms with Crippen LogP contribution in [0.15, 0.2) is 41.0 Å². The summed E-state index contributed by atoms with van der Waals surface area (Å²) in [5, 5.41) is 3.60. The molecule has 3 rings (SSSR count). The molecule has 1 aliphatic carbocycles. The minimum absolute atomic E-state index is 0.158. The van der Waals surface area contributed by atoms with Crippen molar-refractivity contribution in [3.8, 4) is 5.75 Å². The predicted octanol–water partition coefficient (Wildman–Crippen LogP) is 4.22. The van der Waals surface area contributed by atoms with E-state index in [2.05, 4.69) is 36.5 Å². The van der Waals surface area contributed by atoms with Crippen LogP contribution in [0.5, 0.6) is 5.75 Å². The van der Waals surface area contributed by atoms with E-state index in [1.54, 1.807) is 0 Å². The molecule has 0 amide bonds. The highest BCUT2D eigenvalue weighted by molar-refractivity contribution is 5.36. The summed E-state index contributed by atoms with van der Waals surface area (Å²) < 4.78 is 11.4. The van der Waals surface area contributed by atoms with Crippen LogP contribution in [-0.2, 0) is 0 Å². The maximum absolute atomic E-state index is 5.91. The summed E-state index contributed by atoms with van der Waals surface area (Å²) >= 11 is 0. The monoisotopic (exact) mass is 285 g/mol. The number of aryl methyl sites for hydroxylation is 1. The first kappa shape index (κ1) is 14.2. The van der Waals surface area contributed by atoms with Crippen LogP contribution in [0, 0.1) is 6.92 Å². The maximum Gasteiger partial charge on any atom is 0.120 e. The number of rotatable bonds is 7. The average Bonchev–Trinajstić information content (AvgIpc) is 3.19. The van der Waals surface area contributed by atoms with Crippen LogP contribution in [0.4, 0.5) is 0 Å². The van der Waals surface area contributed by atoms with E-state index in [0.29, 0.717) is 6.10 Å². The summed E-state index contributed by atoms with van der Waals surface area (Å²) in [6.07, 6.45) is 5.74. The van der Waals surface area contributed by atoms with Gasteiger partial charge in [0.05, 0.1) is 18.4 Å². The molecule has 1 fully saturated rings. The van der Waals surface area contributed by atoms with Crippen LogP contribution in [0.25, 0.3) is 0 Å². The van der Waals surface area contributed by atoms with Crippen molar-refractivity contribution in [1.29, 1.82) is 0 Å². The van der Waals surface area contributed by atoms with Crippen molar-refractivity contribution in [1.82, 2.24) is 5.32 Å². The second-order valence-electron chi connectivity index (χ2n) is 5.77. The zero-order valence-corrected chi connectivity index (χ0v) is 12.8. The Bertz CT molecular complexity index is 586. The fourth-order valence-corrected chi connectivity index (χ4v) is 2.48. The molecule has 0 radical (unpaired) electrons. The minimum atomic E-state index is 0.158. The van der Waals surface area contributed by atoms with Gasteiger partial charge in [-0.25, -0.2) is 0 Å². The van der Waals surface area contributed by atoms with Crippen LogP contribution >= 0.6 is 0 Å². The normalized spacial score (nSPS) is 15.9. The molecule has 0 bridgehead atoms. The Morgan fingerprint density at radius 2 is 2.14 bits per heavy atom. The highest BCUT2D eigenvalue weighted by Crippen LogP contribution is 2.30. The van der Waals surface area contributed by atoms with E-state index in [1.807, 2.05) is 19.3 Å². The molecule has 1 heterocycles. The molecule has 1 aromatic heterocycles. The number of furan rings is 1. The Morgan fingerprint density at radius 1 is 1.29 bits per heavy atom. The van der Waals surface area contributed by atoms with Gasteiger partial charge in [-0.1, -0.05) is 19.1 Å². The molecule has 21 heavy (non-hydrogen) atoms. The number of benzene rings is 1. The van der Waals surface area contributed by atoms with E-state index in [4.69, 9.17) is 9.15 Å². The van der Waals surface area contributed by atoms with Crippen molar-refractivity contribution in [2.45, 2.75) is 45.3 Å². The van der Waals surface area contributed by atoms with E-state index in [9.17, 15) is 0 Å². The van der Waals surface area contributed by atoms with Gasteiger partial charge in [-0.2, -0.15) is 0 Å². The van der Waals surface area contributed by atoms with Gasteiger partial charge in [0.25, 0.3) is 0 Å². The Kier molecular flexibility index (Phi) is 4.30. The lowest BCUT2D eigenvalue weighted by Crippen LogP contribution is -2.22. The molecule has 0 spiro atoms. The molecule has 0 saturated heterocycles. The Morgan fingerprint density at radius 3 is 2.81 bits per heavy atom. The SMILES string of the molecule is CCCNC(c1cccc(OC2CC2)c1)c1coc(C)c1. The zero-order valence-electron chi connectivity index (χ0n) is 12.8. The molecular weight excluding hydrogens is 262 g/mol. The number of hydrogen-bond donors (Lipinski definition) is 1. The van der Waals surface area contributed by atoms with Crippen LogP contribution < -0.4 is 10.1 Å². The molecule has 1 aliphatic rings. The Balaban J connectivity index is 1.83. The van der Waals surface area contributed by atoms with Gasteiger partial charge in [-0.15, -0.1) is 0 Å². The largest absolute Gasteiger partial charge is 0.490 e. The number of hydrogen-bond acceptors (Lipinski definition) is 3. The Hall–Kier alpha value is -1.74. The first-order valence-electron chi connectivity index (χ1n) is 7.81. The van der Waals surface area contributed by atoms with E-state index >= 15 is 0 Å². The quantitative estimate of drug-likeness (QED) is 0.827. The minimum Gasteiger partial charge on any atom is -0.490 e. The predicted molar refractivity (Wildman–Crippen MR) is 83.7 cm³/mol. The first-order chi connectivity index (χ1) is 10.3. The third kappa shape index (κ3) is 3.67. The standard InChI is InChI=1S/C18H23NO2/c1-3-9-19-18(15-10-13(2)20-12-15)14-5-4-6-17(11-14)21-16-7-8-16/h4-6,10-12,16,18-19H,3,7-9H2,1-2H3. The molecule has 1 atom stereocenters. The van der Waals surface area contributed by atoms with E-state index in [1.165, 1.54) is 24.0 Å². The zero-order chi connectivity index (χ0) is 14.7. The summed E-state index contributed by atoms with van der Waals surface area (Å²) in [6.45, 7) is 5.13. The molecule has 1 N–H and O–H groups in total. The van der Waals surface area contributed by atoms with Gasteiger partial charge < -0.3 is 14.5 Å². The lowest BCUT2D eigenvalue weighted by Gasteiger charge is -2.18. The number of ether oxygens (including phenoxy) is 1. The summed E-state index contributed by atoms with van der Waals surface area (Å²) in [5.41, 5.74) is 2.40. The third-order valence-corrected chi connectivity index (χ3v) is 3.70. The fourth-order valence-electron chi connectivity index (χ4n) is 2.48. The van der Waals surface area contributed by atoms with Gasteiger partial charge in [0.1, 0.15) is 11.5 Å². The van der Waals surface area contributed by atoms with Gasteiger partial charge >= 0.3 is 0 Å². The lowest BCUT2D eigenvalue weighted by atomic mass is 10.0. The highest BCUT2D eigenvalue weighted by Gasteiger charge is 2.24. The highest BCUT2D eigenvalue weighted by atomic mass is 16.5. The van der Waals surface area contributed by atoms with Crippen molar-refractivity contribution < 1.29 is 9.15 Å². The van der Waals surface area contributed by atoms with Gasteiger partial charge in [0.2, 0.25) is 0 Å². The van der Waals surface area contributed by atoms with E-state index in [-0.39, 0.29) is 6.04 Å². The average molecular weight is 285 g/mol. The van der Waals surface area contributed by atoms with Crippen molar-refractivity contribution >= 4 is 0 Å². The first-order valence-corrected chi connectivity index (χ1v) is 7.81. The molecule has 3 heteroatoms. The van der Waals surface area contributed by atoms with Gasteiger partial charge in [0.15, 0.2) is 0 Å². The molecule has 2 aromatic rings. The van der Waals surface area contributed by atoms with Crippen LogP contribution in [0.1, 0.15) is 49.1 Å². The second-order valence-corrected chi connectivity index (χ2v) is 5.77. The van der Waals surface area contributed by atoms with Crippen LogP contribution in [-0.4, -0.2) is 12.6 Å². The van der Waals surface area contributed by atoms with E-state index < -0.39 is 0 Å². The number of nitrogens with one attached hydrogen (secondary N) is 1. The molecule has 112 valence electrons. The van der Waals surface area contributed by atoms with Gasteiger partial charge in [-0.05, 0) is 56.5 Å². The molecule has 1 saturated carbocycles. The van der Waals surface area contributed by atoms with Crippen molar-refractivity contribution in [3.63, 3.8) is 0 Å². The van der Waals surface area contributed by atoms with Crippen LogP contribution in [0.3, 0.4) is 0 Å². The molecule has 1 aromatic carbocycles.